The first kappa shape index (κ1) is 5.79. The fraction of sp³-hybridized carbons (Fsp3) is 0.667. The molecule has 0 aromatic rings. The van der Waals surface area contributed by atoms with Crippen LogP contribution in [0.3, 0.4) is 0 Å². The predicted octanol–water partition coefficient (Wildman–Crippen LogP) is 0.508. The summed E-state index contributed by atoms with van der Waals surface area (Å²) in [4.78, 5) is 0. The van der Waals surface area contributed by atoms with Crippen molar-refractivity contribution in [3.8, 4) is 0 Å². The van der Waals surface area contributed by atoms with E-state index in [1.54, 1.807) is 7.11 Å². The Kier molecular flexibility index (Phi) is 2.06. The molecule has 0 fully saturated rings. The van der Waals surface area contributed by atoms with Crippen molar-refractivity contribution in [2.75, 3.05) is 13.7 Å². The summed E-state index contributed by atoms with van der Waals surface area (Å²) in [5.74, 6) is 0. The number of ether oxygens (including phenoxy) is 1. The molecule has 1 rings (SSSR count). The minimum atomic E-state index is 0.156. The molecule has 1 N–H and O–H groups in total. The number of hydrogen-bond acceptors (Lipinski definition) is 2. The van der Waals surface area contributed by atoms with Crippen molar-refractivity contribution in [1.29, 1.82) is 0 Å². The van der Waals surface area contributed by atoms with Gasteiger partial charge in [0.1, 0.15) is 6.23 Å². The first-order valence-electron chi connectivity index (χ1n) is 2.86. The second-order valence-corrected chi connectivity index (χ2v) is 1.83. The van der Waals surface area contributed by atoms with Crippen molar-refractivity contribution in [3.63, 3.8) is 0 Å². The van der Waals surface area contributed by atoms with Crippen LogP contribution in [0, 0.1) is 0 Å². The Bertz CT molecular complexity index is 90.5. The van der Waals surface area contributed by atoms with Gasteiger partial charge in [-0.05, 0) is 12.5 Å². The minimum Gasteiger partial charge on any atom is -0.363 e. The van der Waals surface area contributed by atoms with Crippen LogP contribution in [0.2, 0.25) is 0 Å². The molecule has 0 aromatic carbocycles. The first-order valence-corrected chi connectivity index (χ1v) is 2.86. The molecule has 0 saturated heterocycles. The quantitative estimate of drug-likeness (QED) is 0.500. The Labute approximate surface area is 49.5 Å². The normalized spacial score (nSPS) is 28.4. The Hall–Kier alpha value is -0.340. The smallest absolute Gasteiger partial charge is 0.126 e. The summed E-state index contributed by atoms with van der Waals surface area (Å²) in [7, 11) is 1.70. The third-order valence-electron chi connectivity index (χ3n) is 1.22. The highest BCUT2D eigenvalue weighted by Gasteiger charge is 2.02. The summed E-state index contributed by atoms with van der Waals surface area (Å²) >= 11 is 0. The first-order chi connectivity index (χ1) is 3.93. The number of hydrogen-bond donors (Lipinski definition) is 1. The van der Waals surface area contributed by atoms with E-state index < -0.39 is 0 Å². The maximum atomic E-state index is 4.99. The van der Waals surface area contributed by atoms with E-state index in [1.165, 1.54) is 0 Å². The number of nitrogens with one attached hydrogen (secondary N) is 1. The zero-order chi connectivity index (χ0) is 5.82. The lowest BCUT2D eigenvalue weighted by atomic mass is 10.3. The molecule has 1 aliphatic heterocycles. The van der Waals surface area contributed by atoms with Crippen molar-refractivity contribution in [1.82, 2.24) is 5.32 Å². The van der Waals surface area contributed by atoms with Gasteiger partial charge in [-0.25, -0.2) is 0 Å². The molecule has 0 saturated carbocycles. The maximum absolute atomic E-state index is 4.99. The molecule has 1 atom stereocenters. The summed E-state index contributed by atoms with van der Waals surface area (Å²) < 4.78 is 4.99. The molecule has 0 aromatic heterocycles. The van der Waals surface area contributed by atoms with Crippen LogP contribution in [0.4, 0.5) is 0 Å². The zero-order valence-corrected chi connectivity index (χ0v) is 5.05. The van der Waals surface area contributed by atoms with Crippen molar-refractivity contribution < 1.29 is 4.74 Å². The van der Waals surface area contributed by atoms with Gasteiger partial charge in [-0.15, -0.1) is 0 Å². The van der Waals surface area contributed by atoms with Crippen molar-refractivity contribution in [3.05, 3.63) is 12.2 Å². The fourth-order valence-electron chi connectivity index (χ4n) is 0.759. The van der Waals surface area contributed by atoms with E-state index in [9.17, 15) is 0 Å². The minimum absolute atomic E-state index is 0.156. The van der Waals surface area contributed by atoms with Gasteiger partial charge in [-0.3, -0.25) is 5.32 Å². The lowest BCUT2D eigenvalue weighted by Gasteiger charge is -2.15. The molecular formula is C6H11NO. The highest BCUT2D eigenvalue weighted by atomic mass is 16.5. The summed E-state index contributed by atoms with van der Waals surface area (Å²) in [6, 6.07) is 0. The Balaban J connectivity index is 2.32. The van der Waals surface area contributed by atoms with Crippen LogP contribution in [-0.4, -0.2) is 19.9 Å². The van der Waals surface area contributed by atoms with Gasteiger partial charge in [-0.2, -0.15) is 0 Å². The standard InChI is InChI=1S/C6H11NO/c1-8-6-4-2-3-5-7-6/h2,4,6-7H,3,5H2,1H3. The molecule has 2 nitrogen and oxygen atoms in total. The highest BCUT2D eigenvalue weighted by Crippen LogP contribution is 1.95. The molecule has 1 aliphatic rings. The molecule has 0 aliphatic carbocycles. The molecule has 46 valence electrons. The monoisotopic (exact) mass is 113 g/mol. The molecule has 0 spiro atoms. The lowest BCUT2D eigenvalue weighted by molar-refractivity contribution is 0.109. The van der Waals surface area contributed by atoms with Crippen LogP contribution >= 0.6 is 0 Å². The fourth-order valence-corrected chi connectivity index (χ4v) is 0.759. The Morgan fingerprint density at radius 3 is 3.00 bits per heavy atom. The van der Waals surface area contributed by atoms with Crippen LogP contribution in [0.5, 0.6) is 0 Å². The van der Waals surface area contributed by atoms with E-state index >= 15 is 0 Å². The number of methoxy groups -OCH3 is 1. The Morgan fingerprint density at radius 2 is 2.62 bits per heavy atom. The lowest BCUT2D eigenvalue weighted by Crippen LogP contribution is -2.31. The summed E-state index contributed by atoms with van der Waals surface area (Å²) in [6.45, 7) is 1.04. The third-order valence-corrected chi connectivity index (χ3v) is 1.22. The van der Waals surface area contributed by atoms with E-state index in [1.807, 2.05) is 6.08 Å². The second-order valence-electron chi connectivity index (χ2n) is 1.83. The van der Waals surface area contributed by atoms with Gasteiger partial charge >= 0.3 is 0 Å². The molecule has 0 amide bonds. The molecule has 0 bridgehead atoms. The molecule has 1 unspecified atom stereocenters. The summed E-state index contributed by atoms with van der Waals surface area (Å²) in [5, 5.41) is 3.16. The van der Waals surface area contributed by atoms with Crippen LogP contribution in [0.15, 0.2) is 12.2 Å². The van der Waals surface area contributed by atoms with E-state index in [4.69, 9.17) is 4.74 Å². The summed E-state index contributed by atoms with van der Waals surface area (Å²) in [5.41, 5.74) is 0. The largest absolute Gasteiger partial charge is 0.363 e. The van der Waals surface area contributed by atoms with E-state index in [-0.39, 0.29) is 6.23 Å². The van der Waals surface area contributed by atoms with Crippen LogP contribution in [0.25, 0.3) is 0 Å². The second kappa shape index (κ2) is 2.84. The topological polar surface area (TPSA) is 21.3 Å². The Morgan fingerprint density at radius 1 is 1.75 bits per heavy atom. The average Bonchev–Trinajstić information content (AvgIpc) is 1.90. The predicted molar refractivity (Wildman–Crippen MR) is 32.6 cm³/mol. The van der Waals surface area contributed by atoms with Crippen molar-refractivity contribution >= 4 is 0 Å². The maximum Gasteiger partial charge on any atom is 0.126 e. The van der Waals surface area contributed by atoms with Gasteiger partial charge in [0.15, 0.2) is 0 Å². The van der Waals surface area contributed by atoms with Gasteiger partial charge in [0.25, 0.3) is 0 Å². The third kappa shape index (κ3) is 1.32. The van der Waals surface area contributed by atoms with Crippen molar-refractivity contribution in [2.45, 2.75) is 12.6 Å². The van der Waals surface area contributed by atoms with Gasteiger partial charge in [0.2, 0.25) is 0 Å². The van der Waals surface area contributed by atoms with Gasteiger partial charge in [0.05, 0.1) is 0 Å². The highest BCUT2D eigenvalue weighted by molar-refractivity contribution is 4.92. The van der Waals surface area contributed by atoms with Crippen LogP contribution in [0.1, 0.15) is 6.42 Å². The zero-order valence-electron chi connectivity index (χ0n) is 5.05. The van der Waals surface area contributed by atoms with Crippen molar-refractivity contribution in [2.24, 2.45) is 0 Å². The van der Waals surface area contributed by atoms with Crippen LogP contribution < -0.4 is 5.32 Å². The van der Waals surface area contributed by atoms with Crippen LogP contribution in [-0.2, 0) is 4.74 Å². The number of rotatable bonds is 1. The average molecular weight is 113 g/mol. The summed E-state index contributed by atoms with van der Waals surface area (Å²) in [6.07, 6.45) is 5.44. The van der Waals surface area contributed by atoms with E-state index in [0.29, 0.717) is 0 Å². The SMILES string of the molecule is COC1C=CCCN1. The van der Waals surface area contributed by atoms with Gasteiger partial charge in [0, 0.05) is 13.7 Å². The molecule has 2 heteroatoms. The van der Waals surface area contributed by atoms with E-state index in [0.717, 1.165) is 13.0 Å². The van der Waals surface area contributed by atoms with Gasteiger partial charge < -0.3 is 4.74 Å². The molecule has 0 radical (unpaired) electrons. The molecular weight excluding hydrogens is 102 g/mol. The molecule has 8 heavy (non-hydrogen) atoms. The molecule has 1 heterocycles. The van der Waals surface area contributed by atoms with E-state index in [2.05, 4.69) is 11.4 Å². The van der Waals surface area contributed by atoms with Gasteiger partial charge in [-0.1, -0.05) is 6.08 Å².